The summed E-state index contributed by atoms with van der Waals surface area (Å²) in [7, 11) is 0. The van der Waals surface area contributed by atoms with Crippen molar-refractivity contribution >= 4 is 5.71 Å². The van der Waals surface area contributed by atoms with Crippen molar-refractivity contribution in [1.29, 1.82) is 0 Å². The Bertz CT molecular complexity index is 298. The fourth-order valence-corrected chi connectivity index (χ4v) is 2.95. The molecule has 0 aromatic heterocycles. The topological polar surface area (TPSA) is 12.4 Å². The largest absolute Gasteiger partial charge is 0.293 e. The molecule has 3 aliphatic rings. The summed E-state index contributed by atoms with van der Waals surface area (Å²) < 4.78 is 0. The molecule has 0 N–H and O–H groups in total. The Balaban J connectivity index is 1.92. The van der Waals surface area contributed by atoms with Crippen LogP contribution in [0.3, 0.4) is 0 Å². The number of aliphatic imine (C=N–C) groups is 1. The molecular formula is C12H15N. The first-order valence-corrected chi connectivity index (χ1v) is 5.30. The van der Waals surface area contributed by atoms with Crippen LogP contribution in [-0.2, 0) is 0 Å². The Morgan fingerprint density at radius 2 is 2.15 bits per heavy atom. The number of nitrogens with zero attached hydrogens (tertiary/aromatic N) is 1. The van der Waals surface area contributed by atoms with Crippen molar-refractivity contribution in [3.05, 3.63) is 24.3 Å². The molecule has 1 nitrogen and oxygen atoms in total. The van der Waals surface area contributed by atoms with Crippen molar-refractivity contribution in [2.45, 2.75) is 19.3 Å². The second-order valence-corrected chi connectivity index (χ2v) is 4.34. The molecule has 1 aliphatic heterocycles. The molecule has 0 amide bonds. The third-order valence-electron chi connectivity index (χ3n) is 3.68. The van der Waals surface area contributed by atoms with Crippen molar-refractivity contribution in [2.24, 2.45) is 22.7 Å². The van der Waals surface area contributed by atoms with Crippen LogP contribution in [0.5, 0.6) is 0 Å². The van der Waals surface area contributed by atoms with E-state index in [2.05, 4.69) is 24.3 Å². The smallest absolute Gasteiger partial charge is 0.0454 e. The van der Waals surface area contributed by atoms with Crippen molar-refractivity contribution in [3.63, 3.8) is 0 Å². The number of allylic oxidation sites excluding steroid dienone is 3. The number of fused-ring (bicyclic) bond motifs is 3. The first-order chi connectivity index (χ1) is 6.45. The first-order valence-electron chi connectivity index (χ1n) is 5.30. The fourth-order valence-electron chi connectivity index (χ4n) is 2.95. The maximum atomic E-state index is 4.71. The average molecular weight is 173 g/mol. The summed E-state index contributed by atoms with van der Waals surface area (Å²) in [5.74, 6) is 2.43. The van der Waals surface area contributed by atoms with Gasteiger partial charge in [0.15, 0.2) is 0 Å². The van der Waals surface area contributed by atoms with Crippen LogP contribution in [0.1, 0.15) is 19.3 Å². The van der Waals surface area contributed by atoms with E-state index in [4.69, 9.17) is 4.99 Å². The first kappa shape index (κ1) is 7.54. The lowest BCUT2D eigenvalue weighted by molar-refractivity contribution is 0.327. The van der Waals surface area contributed by atoms with E-state index in [1.165, 1.54) is 18.6 Å². The van der Waals surface area contributed by atoms with Crippen molar-refractivity contribution in [2.75, 3.05) is 6.54 Å². The summed E-state index contributed by atoms with van der Waals surface area (Å²) in [6.07, 6.45) is 13.0. The Labute approximate surface area is 79.3 Å². The van der Waals surface area contributed by atoms with E-state index in [1.807, 2.05) is 0 Å². The van der Waals surface area contributed by atoms with Crippen LogP contribution in [0.15, 0.2) is 29.3 Å². The van der Waals surface area contributed by atoms with Gasteiger partial charge < -0.3 is 0 Å². The van der Waals surface area contributed by atoms with Gasteiger partial charge in [-0.3, -0.25) is 4.99 Å². The molecule has 68 valence electrons. The van der Waals surface area contributed by atoms with Crippen molar-refractivity contribution < 1.29 is 0 Å². The SMILES string of the molecule is C1=CCC2C(=NCC3C=CCC32)C1. The molecule has 0 radical (unpaired) electrons. The van der Waals surface area contributed by atoms with Gasteiger partial charge in [0.25, 0.3) is 0 Å². The molecule has 1 heterocycles. The van der Waals surface area contributed by atoms with Crippen LogP contribution in [-0.4, -0.2) is 12.3 Å². The minimum Gasteiger partial charge on any atom is -0.293 e. The van der Waals surface area contributed by atoms with E-state index in [-0.39, 0.29) is 0 Å². The quantitative estimate of drug-likeness (QED) is 0.499. The van der Waals surface area contributed by atoms with Gasteiger partial charge in [0.1, 0.15) is 0 Å². The fraction of sp³-hybridized carbons (Fsp3) is 0.583. The summed E-state index contributed by atoms with van der Waals surface area (Å²) in [4.78, 5) is 4.71. The standard InChI is InChI=1S/C12H15N/c1-2-7-12-11(5-1)10-6-3-4-9(10)8-13-12/h1-4,9-11H,5-8H2. The van der Waals surface area contributed by atoms with E-state index >= 15 is 0 Å². The summed E-state index contributed by atoms with van der Waals surface area (Å²) >= 11 is 0. The van der Waals surface area contributed by atoms with Gasteiger partial charge in [-0.15, -0.1) is 0 Å². The Hall–Kier alpha value is -0.850. The van der Waals surface area contributed by atoms with E-state index < -0.39 is 0 Å². The average Bonchev–Trinajstić information content (AvgIpc) is 2.65. The molecule has 2 aliphatic carbocycles. The molecule has 0 saturated carbocycles. The Morgan fingerprint density at radius 1 is 1.15 bits per heavy atom. The normalized spacial score (nSPS) is 41.2. The highest BCUT2D eigenvalue weighted by atomic mass is 14.8. The lowest BCUT2D eigenvalue weighted by Gasteiger charge is -2.34. The van der Waals surface area contributed by atoms with Crippen LogP contribution in [0.2, 0.25) is 0 Å². The molecule has 0 bridgehead atoms. The second-order valence-electron chi connectivity index (χ2n) is 4.34. The van der Waals surface area contributed by atoms with Gasteiger partial charge in [-0.2, -0.15) is 0 Å². The highest BCUT2D eigenvalue weighted by Crippen LogP contribution is 2.39. The molecule has 3 rings (SSSR count). The number of rotatable bonds is 0. The lowest BCUT2D eigenvalue weighted by Crippen LogP contribution is -2.33. The zero-order valence-electron chi connectivity index (χ0n) is 7.82. The second kappa shape index (κ2) is 2.83. The Kier molecular flexibility index (Phi) is 1.64. The van der Waals surface area contributed by atoms with Gasteiger partial charge in [-0.25, -0.2) is 0 Å². The van der Waals surface area contributed by atoms with Crippen molar-refractivity contribution in [3.8, 4) is 0 Å². The highest BCUT2D eigenvalue weighted by Gasteiger charge is 2.36. The van der Waals surface area contributed by atoms with Gasteiger partial charge in [0.2, 0.25) is 0 Å². The molecule has 0 spiro atoms. The molecule has 0 aromatic carbocycles. The molecule has 1 heteroatoms. The lowest BCUT2D eigenvalue weighted by atomic mass is 9.74. The van der Waals surface area contributed by atoms with Gasteiger partial charge in [0, 0.05) is 30.5 Å². The molecule has 0 aromatic rings. The monoisotopic (exact) mass is 173 g/mol. The van der Waals surface area contributed by atoms with Crippen LogP contribution >= 0.6 is 0 Å². The van der Waals surface area contributed by atoms with Gasteiger partial charge in [-0.1, -0.05) is 24.3 Å². The highest BCUT2D eigenvalue weighted by molar-refractivity contribution is 5.90. The predicted molar refractivity (Wildman–Crippen MR) is 54.9 cm³/mol. The molecular weight excluding hydrogens is 158 g/mol. The number of hydrogen-bond donors (Lipinski definition) is 0. The minimum atomic E-state index is 0.764. The summed E-state index contributed by atoms with van der Waals surface area (Å²) in [5.41, 5.74) is 1.48. The van der Waals surface area contributed by atoms with Crippen LogP contribution in [0, 0.1) is 17.8 Å². The zero-order chi connectivity index (χ0) is 8.67. The summed E-state index contributed by atoms with van der Waals surface area (Å²) in [6.45, 7) is 1.06. The van der Waals surface area contributed by atoms with Crippen LogP contribution in [0.4, 0.5) is 0 Å². The van der Waals surface area contributed by atoms with E-state index in [0.29, 0.717) is 0 Å². The van der Waals surface area contributed by atoms with E-state index in [1.54, 1.807) is 0 Å². The van der Waals surface area contributed by atoms with Gasteiger partial charge >= 0.3 is 0 Å². The summed E-state index contributed by atoms with van der Waals surface area (Å²) in [6, 6.07) is 0. The molecule has 3 atom stereocenters. The van der Waals surface area contributed by atoms with Gasteiger partial charge in [0.05, 0.1) is 0 Å². The Morgan fingerprint density at radius 3 is 3.15 bits per heavy atom. The maximum Gasteiger partial charge on any atom is 0.0454 e. The van der Waals surface area contributed by atoms with E-state index in [0.717, 1.165) is 30.7 Å². The zero-order valence-corrected chi connectivity index (χ0v) is 7.82. The molecule has 3 unspecified atom stereocenters. The maximum absolute atomic E-state index is 4.71. The van der Waals surface area contributed by atoms with Crippen LogP contribution < -0.4 is 0 Å². The molecule has 0 saturated heterocycles. The number of hydrogen-bond acceptors (Lipinski definition) is 1. The van der Waals surface area contributed by atoms with Crippen molar-refractivity contribution in [1.82, 2.24) is 0 Å². The molecule has 0 fully saturated rings. The third-order valence-corrected chi connectivity index (χ3v) is 3.68. The predicted octanol–water partition coefficient (Wildman–Crippen LogP) is 2.60. The van der Waals surface area contributed by atoms with Gasteiger partial charge in [-0.05, 0) is 18.8 Å². The molecule has 13 heavy (non-hydrogen) atoms. The van der Waals surface area contributed by atoms with E-state index in [9.17, 15) is 0 Å². The van der Waals surface area contributed by atoms with Crippen LogP contribution in [0.25, 0.3) is 0 Å². The summed E-state index contributed by atoms with van der Waals surface area (Å²) in [5, 5.41) is 0. The third kappa shape index (κ3) is 1.10. The minimum absolute atomic E-state index is 0.764.